The molecule has 1 aliphatic rings. The largest absolute Gasteiger partial charge is 0.457 e. The van der Waals surface area contributed by atoms with E-state index in [2.05, 4.69) is 9.88 Å². The van der Waals surface area contributed by atoms with Crippen LogP contribution in [0.25, 0.3) is 16.7 Å². The zero-order chi connectivity index (χ0) is 21.6. The molecule has 0 radical (unpaired) electrons. The second-order valence-electron chi connectivity index (χ2n) is 7.98. The third kappa shape index (κ3) is 5.31. The predicted molar refractivity (Wildman–Crippen MR) is 123 cm³/mol. The molecule has 2 aromatic carbocycles. The number of rotatable bonds is 8. The van der Waals surface area contributed by atoms with Gasteiger partial charge in [-0.1, -0.05) is 0 Å². The van der Waals surface area contributed by atoms with Gasteiger partial charge in [-0.2, -0.15) is 0 Å². The smallest absolute Gasteiger partial charge is 0.129 e. The van der Waals surface area contributed by atoms with Crippen molar-refractivity contribution in [2.75, 3.05) is 26.8 Å². The average molecular weight is 420 g/mol. The minimum Gasteiger partial charge on any atom is -0.457 e. The third-order valence-electron chi connectivity index (χ3n) is 5.57. The Bertz CT molecular complexity index is 1060. The van der Waals surface area contributed by atoms with Gasteiger partial charge in [0.2, 0.25) is 0 Å². The molecule has 1 atom stereocenters. The maximum absolute atomic E-state index is 7.12. The SMILES string of the molecule is COCC1CCCN(Cc2nc3ccc(Oc4ccc(/C(N)=C/C=N)cc4)cc3[nH]2)C1. The van der Waals surface area contributed by atoms with Gasteiger partial charge in [0, 0.05) is 31.6 Å². The van der Waals surface area contributed by atoms with Gasteiger partial charge in [0.15, 0.2) is 0 Å². The molecule has 3 aromatic rings. The van der Waals surface area contributed by atoms with Crippen LogP contribution in [0, 0.1) is 11.3 Å². The Hall–Kier alpha value is -3.16. The summed E-state index contributed by atoms with van der Waals surface area (Å²) >= 11 is 0. The van der Waals surface area contributed by atoms with Gasteiger partial charge in [0.1, 0.15) is 17.3 Å². The van der Waals surface area contributed by atoms with Crippen LogP contribution in [0.3, 0.4) is 0 Å². The number of likely N-dealkylation sites (tertiary alicyclic amines) is 1. The van der Waals surface area contributed by atoms with Crippen molar-refractivity contribution in [2.24, 2.45) is 11.7 Å². The fourth-order valence-corrected chi connectivity index (χ4v) is 4.10. The Morgan fingerprint density at radius 1 is 1.26 bits per heavy atom. The number of nitrogens with two attached hydrogens (primary N) is 1. The molecule has 1 saturated heterocycles. The van der Waals surface area contributed by atoms with Crippen molar-refractivity contribution >= 4 is 22.9 Å². The molecule has 2 heterocycles. The summed E-state index contributed by atoms with van der Waals surface area (Å²) in [6, 6.07) is 13.4. The van der Waals surface area contributed by atoms with Crippen molar-refractivity contribution in [2.45, 2.75) is 19.4 Å². The van der Waals surface area contributed by atoms with Gasteiger partial charge >= 0.3 is 0 Å². The minimum absolute atomic E-state index is 0.551. The Balaban J connectivity index is 1.43. The lowest BCUT2D eigenvalue weighted by molar-refractivity contribution is 0.0863. The first-order chi connectivity index (χ1) is 15.1. The number of methoxy groups -OCH3 is 1. The fraction of sp³-hybridized carbons (Fsp3) is 0.333. The summed E-state index contributed by atoms with van der Waals surface area (Å²) in [4.78, 5) is 10.6. The standard InChI is InChI=1S/C24H29N5O2/c1-30-16-17-3-2-12-29(14-17)15-24-27-22-9-8-20(13-23(22)28-24)31-19-6-4-18(5-7-19)21(26)10-11-25/h4-11,13,17,25H,2-3,12,14-16,26H2,1H3,(H,27,28)/b21-10-,25-11?. The number of fused-ring (bicyclic) bond motifs is 1. The van der Waals surface area contributed by atoms with E-state index in [9.17, 15) is 0 Å². The van der Waals surface area contributed by atoms with Gasteiger partial charge in [-0.05, 0) is 73.3 Å². The Morgan fingerprint density at radius 2 is 2.06 bits per heavy atom. The number of H-pyrrole nitrogens is 1. The van der Waals surface area contributed by atoms with Crippen LogP contribution in [-0.4, -0.2) is 47.9 Å². The maximum atomic E-state index is 7.12. The zero-order valence-electron chi connectivity index (χ0n) is 17.8. The highest BCUT2D eigenvalue weighted by molar-refractivity contribution is 5.81. The van der Waals surface area contributed by atoms with E-state index in [1.54, 1.807) is 13.2 Å². The number of hydrogen-bond donors (Lipinski definition) is 3. The first-order valence-electron chi connectivity index (χ1n) is 10.6. The molecule has 31 heavy (non-hydrogen) atoms. The van der Waals surface area contributed by atoms with Crippen molar-refractivity contribution in [1.29, 1.82) is 5.41 Å². The summed E-state index contributed by atoms with van der Waals surface area (Å²) in [7, 11) is 1.77. The highest BCUT2D eigenvalue weighted by Crippen LogP contribution is 2.26. The van der Waals surface area contributed by atoms with E-state index in [-0.39, 0.29) is 0 Å². The number of piperidine rings is 1. The van der Waals surface area contributed by atoms with Crippen molar-refractivity contribution in [1.82, 2.24) is 14.9 Å². The van der Waals surface area contributed by atoms with Gasteiger partial charge in [-0.15, -0.1) is 0 Å². The van der Waals surface area contributed by atoms with E-state index < -0.39 is 0 Å². The monoisotopic (exact) mass is 419 g/mol. The van der Waals surface area contributed by atoms with Crippen LogP contribution < -0.4 is 10.5 Å². The van der Waals surface area contributed by atoms with E-state index in [1.807, 2.05) is 42.5 Å². The van der Waals surface area contributed by atoms with E-state index in [4.69, 9.17) is 25.6 Å². The van der Waals surface area contributed by atoms with Crippen LogP contribution in [0.5, 0.6) is 11.5 Å². The number of hydrogen-bond acceptors (Lipinski definition) is 6. The van der Waals surface area contributed by atoms with E-state index in [0.717, 1.165) is 60.2 Å². The molecule has 0 saturated carbocycles. The molecular formula is C24H29N5O2. The number of allylic oxidation sites excluding steroid dienone is 1. The highest BCUT2D eigenvalue weighted by Gasteiger charge is 2.20. The normalized spacial score (nSPS) is 17.7. The molecule has 0 bridgehead atoms. The fourth-order valence-electron chi connectivity index (χ4n) is 4.10. The summed E-state index contributed by atoms with van der Waals surface area (Å²) in [6.45, 7) is 3.79. The minimum atomic E-state index is 0.551. The second kappa shape index (κ2) is 9.76. The lowest BCUT2D eigenvalue weighted by atomic mass is 9.99. The second-order valence-corrected chi connectivity index (χ2v) is 7.98. The highest BCUT2D eigenvalue weighted by atomic mass is 16.5. The average Bonchev–Trinajstić information content (AvgIpc) is 3.16. The molecule has 162 valence electrons. The molecule has 4 N–H and O–H groups in total. The molecule has 0 spiro atoms. The predicted octanol–water partition coefficient (Wildman–Crippen LogP) is 4.16. The number of aromatic amines is 1. The summed E-state index contributed by atoms with van der Waals surface area (Å²) < 4.78 is 11.3. The molecule has 0 amide bonds. The summed E-state index contributed by atoms with van der Waals surface area (Å²) in [5.41, 5.74) is 9.22. The van der Waals surface area contributed by atoms with Crippen molar-refractivity contribution in [3.63, 3.8) is 0 Å². The molecule has 1 aromatic heterocycles. The van der Waals surface area contributed by atoms with Crippen LogP contribution in [-0.2, 0) is 11.3 Å². The van der Waals surface area contributed by atoms with Gasteiger partial charge in [0.05, 0.1) is 24.2 Å². The molecular weight excluding hydrogens is 390 g/mol. The molecule has 4 rings (SSSR count). The Morgan fingerprint density at radius 3 is 2.84 bits per heavy atom. The van der Waals surface area contributed by atoms with Gasteiger partial charge in [0.25, 0.3) is 0 Å². The van der Waals surface area contributed by atoms with Crippen LogP contribution >= 0.6 is 0 Å². The quantitative estimate of drug-likeness (QED) is 0.476. The van der Waals surface area contributed by atoms with E-state index in [1.165, 1.54) is 19.1 Å². The first kappa shape index (κ1) is 21.1. The van der Waals surface area contributed by atoms with Gasteiger partial charge in [-0.25, -0.2) is 4.98 Å². The van der Waals surface area contributed by atoms with Crippen LogP contribution in [0.1, 0.15) is 24.2 Å². The Kier molecular flexibility index (Phi) is 6.64. The molecule has 7 heteroatoms. The topological polar surface area (TPSA) is 100 Å². The van der Waals surface area contributed by atoms with E-state index in [0.29, 0.717) is 11.6 Å². The van der Waals surface area contributed by atoms with Crippen LogP contribution in [0.2, 0.25) is 0 Å². The number of nitrogens with zero attached hydrogens (tertiary/aromatic N) is 2. The third-order valence-corrected chi connectivity index (χ3v) is 5.57. The lowest BCUT2D eigenvalue weighted by Crippen LogP contribution is -2.36. The summed E-state index contributed by atoms with van der Waals surface area (Å²) in [5, 5.41) is 7.12. The molecule has 7 nitrogen and oxygen atoms in total. The number of aromatic nitrogens is 2. The number of imidazole rings is 1. The molecule has 1 unspecified atom stereocenters. The number of nitrogens with one attached hydrogen (secondary N) is 2. The maximum Gasteiger partial charge on any atom is 0.129 e. The Labute approximate surface area is 182 Å². The molecule has 1 fully saturated rings. The molecule has 1 aliphatic heterocycles. The zero-order valence-corrected chi connectivity index (χ0v) is 17.8. The lowest BCUT2D eigenvalue weighted by Gasteiger charge is -2.31. The van der Waals surface area contributed by atoms with Crippen molar-refractivity contribution < 1.29 is 9.47 Å². The number of ether oxygens (including phenoxy) is 2. The van der Waals surface area contributed by atoms with E-state index >= 15 is 0 Å². The van der Waals surface area contributed by atoms with Gasteiger partial charge in [-0.3, -0.25) is 4.90 Å². The van der Waals surface area contributed by atoms with Crippen molar-refractivity contribution in [3.8, 4) is 11.5 Å². The first-order valence-corrected chi connectivity index (χ1v) is 10.6. The summed E-state index contributed by atoms with van der Waals surface area (Å²) in [5.74, 6) is 3.05. The van der Waals surface area contributed by atoms with Crippen LogP contribution in [0.4, 0.5) is 0 Å². The summed E-state index contributed by atoms with van der Waals surface area (Å²) in [6.07, 6.45) is 5.17. The van der Waals surface area contributed by atoms with Crippen LogP contribution in [0.15, 0.2) is 48.5 Å². The van der Waals surface area contributed by atoms with Crippen molar-refractivity contribution in [3.05, 3.63) is 59.9 Å². The number of benzene rings is 2. The van der Waals surface area contributed by atoms with Gasteiger partial charge < -0.3 is 25.6 Å². The molecule has 0 aliphatic carbocycles.